The maximum absolute atomic E-state index is 11.4. The molecule has 4 heteroatoms. The third kappa shape index (κ3) is 5.48. The molecular formula is C14H22N2O2. The van der Waals surface area contributed by atoms with Crippen LogP contribution < -0.4 is 0 Å². The lowest BCUT2D eigenvalue weighted by atomic mass is 10.3. The number of hydrogen-bond donors (Lipinski definition) is 0. The Morgan fingerprint density at radius 1 is 0.889 bits per heavy atom. The Morgan fingerprint density at radius 2 is 1.22 bits per heavy atom. The fourth-order valence-corrected chi connectivity index (χ4v) is 1.41. The number of hydrogen-bond acceptors (Lipinski definition) is 2. The molecule has 100 valence electrons. The highest BCUT2D eigenvalue weighted by atomic mass is 16.2. The number of nitrogens with zero attached hydrogens (tertiary/aromatic N) is 2. The van der Waals surface area contributed by atoms with Crippen molar-refractivity contribution >= 4 is 11.8 Å². The number of amides is 2. The molecule has 0 radical (unpaired) electrons. The van der Waals surface area contributed by atoms with Crippen molar-refractivity contribution in [2.75, 3.05) is 26.2 Å². The molecule has 0 aliphatic carbocycles. The van der Waals surface area contributed by atoms with Crippen molar-refractivity contribution in [2.45, 2.75) is 13.8 Å². The van der Waals surface area contributed by atoms with Crippen molar-refractivity contribution in [3.63, 3.8) is 0 Å². The minimum absolute atomic E-state index is 0.0864. The quantitative estimate of drug-likeness (QED) is 0.485. The summed E-state index contributed by atoms with van der Waals surface area (Å²) in [5, 5.41) is 0. The first kappa shape index (κ1) is 16.2. The minimum Gasteiger partial charge on any atom is -0.336 e. The van der Waals surface area contributed by atoms with Crippen LogP contribution >= 0.6 is 0 Å². The average molecular weight is 250 g/mol. The summed E-state index contributed by atoms with van der Waals surface area (Å²) in [6, 6.07) is 0. The van der Waals surface area contributed by atoms with Crippen LogP contribution in [0.3, 0.4) is 0 Å². The van der Waals surface area contributed by atoms with Crippen molar-refractivity contribution in [1.29, 1.82) is 0 Å². The SMILES string of the molecule is C=CC(=O)N(CC)C/C=C/CN(CC)C(=O)C=C. The lowest BCUT2D eigenvalue weighted by Gasteiger charge is -2.18. The molecule has 0 spiro atoms. The van der Waals surface area contributed by atoms with Gasteiger partial charge in [0.25, 0.3) is 0 Å². The third-order valence-electron chi connectivity index (χ3n) is 2.55. The fourth-order valence-electron chi connectivity index (χ4n) is 1.41. The molecule has 0 saturated carbocycles. The van der Waals surface area contributed by atoms with Gasteiger partial charge in [-0.25, -0.2) is 0 Å². The summed E-state index contributed by atoms with van der Waals surface area (Å²) >= 11 is 0. The second-order valence-corrected chi connectivity index (χ2v) is 3.63. The normalized spacial score (nSPS) is 10.1. The first-order valence-electron chi connectivity index (χ1n) is 6.08. The molecule has 18 heavy (non-hydrogen) atoms. The molecule has 4 nitrogen and oxygen atoms in total. The van der Waals surface area contributed by atoms with Gasteiger partial charge in [0, 0.05) is 26.2 Å². The number of likely N-dealkylation sites (N-methyl/N-ethyl adjacent to an activating group) is 2. The van der Waals surface area contributed by atoms with Crippen LogP contribution in [0.1, 0.15) is 13.8 Å². The van der Waals surface area contributed by atoms with Gasteiger partial charge in [-0.2, -0.15) is 0 Å². The molecule has 0 unspecified atom stereocenters. The Hall–Kier alpha value is -1.84. The molecule has 0 heterocycles. The van der Waals surface area contributed by atoms with Gasteiger partial charge in [-0.1, -0.05) is 25.3 Å². The van der Waals surface area contributed by atoms with Gasteiger partial charge >= 0.3 is 0 Å². The molecule has 0 aromatic heterocycles. The van der Waals surface area contributed by atoms with Crippen LogP contribution in [-0.2, 0) is 9.59 Å². The summed E-state index contributed by atoms with van der Waals surface area (Å²) in [5.41, 5.74) is 0. The molecule has 0 aliphatic rings. The van der Waals surface area contributed by atoms with Gasteiger partial charge in [0.15, 0.2) is 0 Å². The maximum Gasteiger partial charge on any atom is 0.246 e. The highest BCUT2D eigenvalue weighted by molar-refractivity contribution is 5.87. The monoisotopic (exact) mass is 250 g/mol. The van der Waals surface area contributed by atoms with Gasteiger partial charge in [-0.15, -0.1) is 0 Å². The number of carbonyl (C=O) groups is 2. The predicted octanol–water partition coefficient (Wildman–Crippen LogP) is 1.61. The zero-order valence-electron chi connectivity index (χ0n) is 11.3. The van der Waals surface area contributed by atoms with E-state index < -0.39 is 0 Å². The van der Waals surface area contributed by atoms with Gasteiger partial charge in [-0.05, 0) is 26.0 Å². The van der Waals surface area contributed by atoms with Crippen molar-refractivity contribution in [3.8, 4) is 0 Å². The highest BCUT2D eigenvalue weighted by Gasteiger charge is 2.06. The van der Waals surface area contributed by atoms with Gasteiger partial charge in [0.05, 0.1) is 0 Å². The van der Waals surface area contributed by atoms with Crippen LogP contribution in [0.15, 0.2) is 37.5 Å². The van der Waals surface area contributed by atoms with Crippen molar-refractivity contribution in [2.24, 2.45) is 0 Å². The zero-order chi connectivity index (χ0) is 14.0. The second-order valence-electron chi connectivity index (χ2n) is 3.63. The summed E-state index contributed by atoms with van der Waals surface area (Å²) in [4.78, 5) is 26.1. The predicted molar refractivity (Wildman–Crippen MR) is 74.0 cm³/mol. The zero-order valence-corrected chi connectivity index (χ0v) is 11.3. The van der Waals surface area contributed by atoms with Crippen molar-refractivity contribution in [1.82, 2.24) is 9.80 Å². The van der Waals surface area contributed by atoms with E-state index in [9.17, 15) is 9.59 Å². The highest BCUT2D eigenvalue weighted by Crippen LogP contribution is 1.94. The summed E-state index contributed by atoms with van der Waals surface area (Å²) in [6.45, 7) is 13.1. The summed E-state index contributed by atoms with van der Waals surface area (Å²) < 4.78 is 0. The first-order valence-corrected chi connectivity index (χ1v) is 6.08. The molecule has 0 bridgehead atoms. The largest absolute Gasteiger partial charge is 0.336 e. The fraction of sp³-hybridized carbons (Fsp3) is 0.429. The Labute approximate surface area is 109 Å². The molecule has 0 atom stereocenters. The first-order chi connectivity index (χ1) is 8.60. The van der Waals surface area contributed by atoms with E-state index in [1.165, 1.54) is 12.2 Å². The van der Waals surface area contributed by atoms with Crippen LogP contribution in [-0.4, -0.2) is 47.8 Å². The van der Waals surface area contributed by atoms with Crippen LogP contribution in [0, 0.1) is 0 Å². The summed E-state index contributed by atoms with van der Waals surface area (Å²) in [7, 11) is 0. The molecule has 0 rings (SSSR count). The van der Waals surface area contributed by atoms with E-state index in [1.807, 2.05) is 26.0 Å². The van der Waals surface area contributed by atoms with Crippen molar-refractivity contribution in [3.05, 3.63) is 37.5 Å². The van der Waals surface area contributed by atoms with E-state index in [0.29, 0.717) is 26.2 Å². The maximum atomic E-state index is 11.4. The Morgan fingerprint density at radius 3 is 1.44 bits per heavy atom. The topological polar surface area (TPSA) is 40.6 Å². The molecule has 0 saturated heterocycles. The van der Waals surface area contributed by atoms with E-state index >= 15 is 0 Å². The summed E-state index contributed by atoms with van der Waals surface area (Å²) in [6.07, 6.45) is 6.36. The van der Waals surface area contributed by atoms with E-state index in [0.717, 1.165) is 0 Å². The molecule has 2 amide bonds. The van der Waals surface area contributed by atoms with E-state index in [2.05, 4.69) is 13.2 Å². The lowest BCUT2D eigenvalue weighted by Crippen LogP contribution is -2.30. The minimum atomic E-state index is -0.0864. The molecule has 0 fully saturated rings. The van der Waals surface area contributed by atoms with E-state index in [1.54, 1.807) is 9.80 Å². The smallest absolute Gasteiger partial charge is 0.246 e. The average Bonchev–Trinajstić information content (AvgIpc) is 2.41. The van der Waals surface area contributed by atoms with E-state index in [4.69, 9.17) is 0 Å². The van der Waals surface area contributed by atoms with Gasteiger partial charge in [0.1, 0.15) is 0 Å². The van der Waals surface area contributed by atoms with Gasteiger partial charge in [0.2, 0.25) is 11.8 Å². The van der Waals surface area contributed by atoms with Gasteiger partial charge < -0.3 is 9.80 Å². The number of carbonyl (C=O) groups excluding carboxylic acids is 2. The lowest BCUT2D eigenvalue weighted by molar-refractivity contribution is -0.126. The number of rotatable bonds is 8. The standard InChI is InChI=1S/C14H22N2O2/c1-5-13(17)15(7-3)11-9-10-12-16(8-4)14(18)6-2/h5-6,9-10H,1-2,7-8,11-12H2,3-4H3/b10-9+. The summed E-state index contributed by atoms with van der Waals surface area (Å²) in [5.74, 6) is -0.173. The molecule has 0 aromatic carbocycles. The van der Waals surface area contributed by atoms with E-state index in [-0.39, 0.29) is 11.8 Å². The Balaban J connectivity index is 4.23. The molecule has 0 N–H and O–H groups in total. The molecule has 0 aliphatic heterocycles. The van der Waals surface area contributed by atoms with Gasteiger partial charge in [-0.3, -0.25) is 9.59 Å². The Kier molecular flexibility index (Phi) is 8.27. The molecule has 0 aromatic rings. The second kappa shape index (κ2) is 9.22. The third-order valence-corrected chi connectivity index (χ3v) is 2.55. The van der Waals surface area contributed by atoms with Crippen molar-refractivity contribution < 1.29 is 9.59 Å². The molecular weight excluding hydrogens is 228 g/mol. The van der Waals surface area contributed by atoms with Crippen LogP contribution in [0.2, 0.25) is 0 Å². The van der Waals surface area contributed by atoms with Crippen LogP contribution in [0.4, 0.5) is 0 Å². The van der Waals surface area contributed by atoms with Crippen LogP contribution in [0.25, 0.3) is 0 Å². The van der Waals surface area contributed by atoms with Crippen LogP contribution in [0.5, 0.6) is 0 Å². The Bertz CT molecular complexity index is 303.